The Balaban J connectivity index is 2.50. The summed E-state index contributed by atoms with van der Waals surface area (Å²) < 4.78 is 0. The molecule has 0 saturated heterocycles. The zero-order chi connectivity index (χ0) is 12.2. The number of tetrazole rings is 1. The van der Waals surface area contributed by atoms with E-state index in [1.807, 2.05) is 0 Å². The Labute approximate surface area is 97.6 Å². The Bertz CT molecular complexity index is 312. The van der Waals surface area contributed by atoms with Gasteiger partial charge in [0, 0.05) is 12.5 Å². The Hall–Kier alpha value is -0.970. The van der Waals surface area contributed by atoms with Crippen LogP contribution in [-0.4, -0.2) is 32.8 Å². The van der Waals surface area contributed by atoms with E-state index in [-0.39, 0.29) is 5.41 Å². The molecule has 0 radical (unpaired) electrons. The molecule has 1 aromatic rings. The molecular formula is C11H23N5. The van der Waals surface area contributed by atoms with Gasteiger partial charge in [-0.1, -0.05) is 27.7 Å². The van der Waals surface area contributed by atoms with E-state index in [1.165, 1.54) is 4.80 Å². The summed E-state index contributed by atoms with van der Waals surface area (Å²) in [5.41, 5.74) is 0.262. The average molecular weight is 225 g/mol. The first kappa shape index (κ1) is 13.1. The van der Waals surface area contributed by atoms with Gasteiger partial charge in [-0.3, -0.25) is 0 Å². The summed E-state index contributed by atoms with van der Waals surface area (Å²) in [6.07, 6.45) is 1.92. The third-order valence-electron chi connectivity index (χ3n) is 2.70. The predicted molar refractivity (Wildman–Crippen MR) is 64.0 cm³/mol. The van der Waals surface area contributed by atoms with E-state index in [0.717, 1.165) is 25.2 Å². The Morgan fingerprint density at radius 3 is 2.50 bits per heavy atom. The molecule has 0 spiro atoms. The normalized spacial score (nSPS) is 14.1. The predicted octanol–water partition coefficient (Wildman–Crippen LogP) is 1.17. The lowest BCUT2D eigenvalue weighted by Gasteiger charge is -2.31. The van der Waals surface area contributed by atoms with Crippen LogP contribution in [0.25, 0.3) is 0 Å². The second-order valence-electron chi connectivity index (χ2n) is 5.21. The van der Waals surface area contributed by atoms with Crippen molar-refractivity contribution in [2.45, 2.75) is 46.6 Å². The highest BCUT2D eigenvalue weighted by molar-refractivity contribution is 4.85. The van der Waals surface area contributed by atoms with Crippen molar-refractivity contribution in [1.82, 2.24) is 25.5 Å². The smallest absolute Gasteiger partial charge is 0.174 e. The third-order valence-corrected chi connectivity index (χ3v) is 2.70. The van der Waals surface area contributed by atoms with Crippen molar-refractivity contribution in [3.05, 3.63) is 5.82 Å². The minimum absolute atomic E-state index is 0.262. The molecule has 0 aliphatic heterocycles. The van der Waals surface area contributed by atoms with Gasteiger partial charge in [0.1, 0.15) is 0 Å². The van der Waals surface area contributed by atoms with Gasteiger partial charge >= 0.3 is 0 Å². The largest absolute Gasteiger partial charge is 0.314 e. The van der Waals surface area contributed by atoms with E-state index in [9.17, 15) is 0 Å². The van der Waals surface area contributed by atoms with Gasteiger partial charge in [0.2, 0.25) is 0 Å². The molecule has 5 nitrogen and oxygen atoms in total. The fourth-order valence-corrected chi connectivity index (χ4v) is 1.78. The molecule has 0 amide bonds. The molecule has 1 N–H and O–H groups in total. The highest BCUT2D eigenvalue weighted by Gasteiger charge is 2.23. The molecule has 5 heteroatoms. The molecule has 92 valence electrons. The van der Waals surface area contributed by atoms with Crippen LogP contribution in [0.15, 0.2) is 0 Å². The topological polar surface area (TPSA) is 55.6 Å². The molecule has 1 aromatic heterocycles. The maximum Gasteiger partial charge on any atom is 0.174 e. The van der Waals surface area contributed by atoms with Crippen molar-refractivity contribution < 1.29 is 0 Å². The summed E-state index contributed by atoms with van der Waals surface area (Å²) in [5.74, 6) is 0.828. The monoisotopic (exact) mass is 225 g/mol. The SMILES string of the molecule is CCNC(CCc1nnn(C)n1)C(C)(C)C. The minimum atomic E-state index is 0.262. The zero-order valence-corrected chi connectivity index (χ0v) is 11.0. The van der Waals surface area contributed by atoms with E-state index in [2.05, 4.69) is 48.4 Å². The van der Waals surface area contributed by atoms with Crippen LogP contribution < -0.4 is 5.32 Å². The second kappa shape index (κ2) is 5.39. The summed E-state index contributed by atoms with van der Waals surface area (Å²) in [6.45, 7) is 9.90. The van der Waals surface area contributed by atoms with Gasteiger partial charge in [-0.05, 0) is 23.6 Å². The Morgan fingerprint density at radius 1 is 1.38 bits per heavy atom. The lowest BCUT2D eigenvalue weighted by atomic mass is 9.84. The van der Waals surface area contributed by atoms with E-state index in [1.54, 1.807) is 7.05 Å². The fraction of sp³-hybridized carbons (Fsp3) is 0.909. The number of nitrogens with zero attached hydrogens (tertiary/aromatic N) is 4. The Kier molecular flexibility index (Phi) is 4.41. The molecule has 0 aromatic carbocycles. The lowest BCUT2D eigenvalue weighted by molar-refractivity contribution is 0.257. The number of rotatable bonds is 5. The zero-order valence-electron chi connectivity index (χ0n) is 11.0. The van der Waals surface area contributed by atoms with E-state index < -0.39 is 0 Å². The summed E-state index contributed by atoms with van der Waals surface area (Å²) in [4.78, 5) is 1.51. The number of nitrogens with one attached hydrogen (secondary N) is 1. The Morgan fingerprint density at radius 2 is 2.06 bits per heavy atom. The average Bonchev–Trinajstić information content (AvgIpc) is 2.57. The number of hydrogen-bond donors (Lipinski definition) is 1. The summed E-state index contributed by atoms with van der Waals surface area (Å²) in [7, 11) is 1.79. The standard InChI is InChI=1S/C11H23N5/c1-6-12-9(11(2,3)4)7-8-10-13-15-16(5)14-10/h9,12H,6-8H2,1-5H3. The highest BCUT2D eigenvalue weighted by Crippen LogP contribution is 2.22. The van der Waals surface area contributed by atoms with Crippen LogP contribution in [0, 0.1) is 5.41 Å². The fourth-order valence-electron chi connectivity index (χ4n) is 1.78. The van der Waals surface area contributed by atoms with E-state index >= 15 is 0 Å². The van der Waals surface area contributed by atoms with Crippen LogP contribution in [-0.2, 0) is 13.5 Å². The number of aromatic nitrogens is 4. The highest BCUT2D eigenvalue weighted by atomic mass is 15.6. The van der Waals surface area contributed by atoms with Crippen molar-refractivity contribution >= 4 is 0 Å². The molecule has 0 aliphatic carbocycles. The maximum absolute atomic E-state index is 4.19. The van der Waals surface area contributed by atoms with Gasteiger partial charge in [-0.2, -0.15) is 4.80 Å². The van der Waals surface area contributed by atoms with Gasteiger partial charge in [0.05, 0.1) is 7.05 Å². The first-order chi connectivity index (χ1) is 7.43. The molecule has 1 unspecified atom stereocenters. The van der Waals surface area contributed by atoms with Crippen LogP contribution in [0.4, 0.5) is 0 Å². The van der Waals surface area contributed by atoms with Crippen LogP contribution in [0.2, 0.25) is 0 Å². The van der Waals surface area contributed by atoms with Crippen molar-refractivity contribution in [2.75, 3.05) is 6.54 Å². The van der Waals surface area contributed by atoms with Crippen LogP contribution in [0.3, 0.4) is 0 Å². The van der Waals surface area contributed by atoms with Crippen LogP contribution in [0.1, 0.15) is 39.9 Å². The quantitative estimate of drug-likeness (QED) is 0.817. The van der Waals surface area contributed by atoms with Crippen molar-refractivity contribution in [1.29, 1.82) is 0 Å². The molecular weight excluding hydrogens is 202 g/mol. The molecule has 0 bridgehead atoms. The molecule has 1 atom stereocenters. The summed E-state index contributed by atoms with van der Waals surface area (Å²) >= 11 is 0. The van der Waals surface area contributed by atoms with E-state index in [0.29, 0.717) is 6.04 Å². The molecule has 0 fully saturated rings. The minimum Gasteiger partial charge on any atom is -0.314 e. The van der Waals surface area contributed by atoms with Gasteiger partial charge in [0.15, 0.2) is 5.82 Å². The van der Waals surface area contributed by atoms with E-state index in [4.69, 9.17) is 0 Å². The number of hydrogen-bond acceptors (Lipinski definition) is 4. The van der Waals surface area contributed by atoms with Crippen molar-refractivity contribution in [3.63, 3.8) is 0 Å². The van der Waals surface area contributed by atoms with Gasteiger partial charge in [-0.15, -0.1) is 10.2 Å². The second-order valence-corrected chi connectivity index (χ2v) is 5.21. The van der Waals surface area contributed by atoms with Crippen LogP contribution >= 0.6 is 0 Å². The molecule has 1 heterocycles. The third kappa shape index (κ3) is 3.89. The summed E-state index contributed by atoms with van der Waals surface area (Å²) in [5, 5.41) is 15.6. The van der Waals surface area contributed by atoms with Gasteiger partial charge in [-0.25, -0.2) is 0 Å². The number of aryl methyl sites for hydroxylation is 2. The first-order valence-electron chi connectivity index (χ1n) is 5.89. The maximum atomic E-state index is 4.19. The molecule has 0 aliphatic rings. The van der Waals surface area contributed by atoms with Crippen LogP contribution in [0.5, 0.6) is 0 Å². The molecule has 16 heavy (non-hydrogen) atoms. The molecule has 1 rings (SSSR count). The van der Waals surface area contributed by atoms with Crippen molar-refractivity contribution in [2.24, 2.45) is 12.5 Å². The van der Waals surface area contributed by atoms with Gasteiger partial charge in [0.25, 0.3) is 0 Å². The lowest BCUT2D eigenvalue weighted by Crippen LogP contribution is -2.40. The van der Waals surface area contributed by atoms with Gasteiger partial charge < -0.3 is 5.32 Å². The van der Waals surface area contributed by atoms with Crippen molar-refractivity contribution in [3.8, 4) is 0 Å². The molecule has 0 saturated carbocycles. The first-order valence-corrected chi connectivity index (χ1v) is 5.89. The summed E-state index contributed by atoms with van der Waals surface area (Å²) in [6, 6.07) is 0.487.